The summed E-state index contributed by atoms with van der Waals surface area (Å²) >= 11 is 1.70. The molecular formula is C17H24F2N2OS. The third kappa shape index (κ3) is 3.91. The van der Waals surface area contributed by atoms with Crippen LogP contribution in [0.4, 0.5) is 8.78 Å². The zero-order chi connectivity index (χ0) is 16.4. The summed E-state index contributed by atoms with van der Waals surface area (Å²) in [4.78, 5) is 16.8. The van der Waals surface area contributed by atoms with Crippen molar-refractivity contribution in [2.24, 2.45) is 5.92 Å². The van der Waals surface area contributed by atoms with Gasteiger partial charge in [0.15, 0.2) is 0 Å². The molecule has 0 spiro atoms. The summed E-state index contributed by atoms with van der Waals surface area (Å²) in [5, 5.41) is 4.26. The quantitative estimate of drug-likeness (QED) is 0.835. The van der Waals surface area contributed by atoms with E-state index in [1.807, 2.05) is 4.90 Å². The van der Waals surface area contributed by atoms with Gasteiger partial charge in [-0.3, -0.25) is 9.69 Å². The van der Waals surface area contributed by atoms with Crippen molar-refractivity contribution in [3.05, 3.63) is 22.4 Å². The summed E-state index contributed by atoms with van der Waals surface area (Å²) in [6.45, 7) is 5.32. The van der Waals surface area contributed by atoms with Crippen LogP contribution < -0.4 is 0 Å². The first kappa shape index (κ1) is 16.8. The molecule has 1 saturated heterocycles. The molecule has 1 aliphatic heterocycles. The smallest absolute Gasteiger partial charge is 0.248 e. The number of carbonyl (C=O) groups is 1. The maximum atomic E-state index is 13.2. The maximum Gasteiger partial charge on any atom is 0.248 e. The lowest BCUT2D eigenvalue weighted by atomic mass is 9.85. The van der Waals surface area contributed by atoms with Gasteiger partial charge in [0.1, 0.15) is 0 Å². The number of carbonyl (C=O) groups excluding carboxylic acids is 1. The minimum absolute atomic E-state index is 0.0864. The van der Waals surface area contributed by atoms with Gasteiger partial charge in [0.25, 0.3) is 0 Å². The molecule has 6 heteroatoms. The molecule has 1 aliphatic carbocycles. The van der Waals surface area contributed by atoms with Crippen molar-refractivity contribution in [1.82, 2.24) is 9.80 Å². The fourth-order valence-electron chi connectivity index (χ4n) is 3.60. The van der Waals surface area contributed by atoms with Gasteiger partial charge in [0, 0.05) is 51.0 Å². The molecule has 3 rings (SSSR count). The predicted octanol–water partition coefficient (Wildman–Crippen LogP) is 3.78. The Balaban J connectivity index is 1.50. The third-order valence-corrected chi connectivity index (χ3v) is 5.97. The largest absolute Gasteiger partial charge is 0.340 e. The molecule has 0 N–H and O–H groups in total. The van der Waals surface area contributed by atoms with E-state index in [1.54, 1.807) is 11.3 Å². The Morgan fingerprint density at radius 1 is 1.26 bits per heavy atom. The predicted molar refractivity (Wildman–Crippen MR) is 87.8 cm³/mol. The van der Waals surface area contributed by atoms with Gasteiger partial charge < -0.3 is 4.90 Å². The minimum Gasteiger partial charge on any atom is -0.340 e. The molecule has 2 fully saturated rings. The molecule has 0 radical (unpaired) electrons. The molecule has 128 valence electrons. The first-order valence-corrected chi connectivity index (χ1v) is 9.33. The fourth-order valence-corrected chi connectivity index (χ4v) is 4.35. The van der Waals surface area contributed by atoms with Crippen LogP contribution in [0.2, 0.25) is 0 Å². The molecule has 1 saturated carbocycles. The van der Waals surface area contributed by atoms with E-state index in [-0.39, 0.29) is 24.7 Å². The van der Waals surface area contributed by atoms with Gasteiger partial charge in [0.05, 0.1) is 0 Å². The van der Waals surface area contributed by atoms with Crippen molar-refractivity contribution in [1.29, 1.82) is 0 Å². The Labute approximate surface area is 140 Å². The average Bonchev–Trinajstić information content (AvgIpc) is 3.08. The summed E-state index contributed by atoms with van der Waals surface area (Å²) in [6.07, 6.45) is 0.381. The van der Waals surface area contributed by atoms with Crippen molar-refractivity contribution in [3.63, 3.8) is 0 Å². The first-order chi connectivity index (χ1) is 11.0. The fraction of sp³-hybridized carbons (Fsp3) is 0.706. The number of alkyl halides is 2. The van der Waals surface area contributed by atoms with Crippen molar-refractivity contribution in [2.75, 3.05) is 26.2 Å². The second-order valence-electron chi connectivity index (χ2n) is 6.72. The molecular weight excluding hydrogens is 318 g/mol. The van der Waals surface area contributed by atoms with E-state index in [2.05, 4.69) is 28.7 Å². The van der Waals surface area contributed by atoms with Gasteiger partial charge in [-0.2, -0.15) is 11.3 Å². The summed E-state index contributed by atoms with van der Waals surface area (Å²) in [6, 6.07) is 2.52. The van der Waals surface area contributed by atoms with Gasteiger partial charge in [-0.15, -0.1) is 0 Å². The number of hydrogen-bond acceptors (Lipinski definition) is 3. The monoisotopic (exact) mass is 342 g/mol. The van der Waals surface area contributed by atoms with Crippen LogP contribution in [0, 0.1) is 5.92 Å². The Morgan fingerprint density at radius 2 is 1.91 bits per heavy atom. The minimum atomic E-state index is -2.56. The summed E-state index contributed by atoms with van der Waals surface area (Å²) < 4.78 is 26.5. The van der Waals surface area contributed by atoms with Crippen LogP contribution >= 0.6 is 11.3 Å². The average molecular weight is 342 g/mol. The number of nitrogens with zero attached hydrogens (tertiary/aromatic N) is 2. The molecule has 1 amide bonds. The second-order valence-corrected chi connectivity index (χ2v) is 7.50. The highest BCUT2D eigenvalue weighted by Gasteiger charge is 2.39. The van der Waals surface area contributed by atoms with E-state index in [0.717, 1.165) is 13.1 Å². The van der Waals surface area contributed by atoms with Gasteiger partial charge in [-0.1, -0.05) is 0 Å². The molecule has 0 bridgehead atoms. The second kappa shape index (κ2) is 6.85. The number of halogens is 2. The zero-order valence-electron chi connectivity index (χ0n) is 13.5. The van der Waals surface area contributed by atoms with Gasteiger partial charge in [-0.05, 0) is 42.2 Å². The first-order valence-electron chi connectivity index (χ1n) is 8.39. The summed E-state index contributed by atoms with van der Waals surface area (Å²) in [7, 11) is 0. The van der Waals surface area contributed by atoms with Crippen molar-refractivity contribution < 1.29 is 13.6 Å². The van der Waals surface area contributed by atoms with Crippen LogP contribution in [0.15, 0.2) is 16.8 Å². The number of thiophene rings is 1. The highest BCUT2D eigenvalue weighted by Crippen LogP contribution is 2.37. The lowest BCUT2D eigenvalue weighted by Gasteiger charge is -2.40. The number of rotatable bonds is 3. The lowest BCUT2D eigenvalue weighted by molar-refractivity contribution is -0.141. The maximum absolute atomic E-state index is 13.2. The molecule has 1 aromatic rings. The standard InChI is InChI=1S/C17H24F2N2OS/c1-13(15-4-11-23-12-15)20-7-9-21(10-8-20)16(22)14-2-5-17(18,19)6-3-14/h4,11-14H,2-3,5-10H2,1H3/t13-/m0/s1. The van der Waals surface area contributed by atoms with Crippen LogP contribution in [-0.4, -0.2) is 47.8 Å². The van der Waals surface area contributed by atoms with Crippen molar-refractivity contribution >= 4 is 17.2 Å². The Bertz CT molecular complexity index is 517. The van der Waals surface area contributed by atoms with E-state index in [0.29, 0.717) is 32.0 Å². The normalized spacial score (nSPS) is 24.6. The van der Waals surface area contributed by atoms with E-state index >= 15 is 0 Å². The summed E-state index contributed by atoms with van der Waals surface area (Å²) in [5.41, 5.74) is 1.32. The van der Waals surface area contributed by atoms with Crippen molar-refractivity contribution in [3.8, 4) is 0 Å². The van der Waals surface area contributed by atoms with Gasteiger partial charge in [0.2, 0.25) is 11.8 Å². The zero-order valence-corrected chi connectivity index (χ0v) is 14.3. The molecule has 0 unspecified atom stereocenters. The lowest BCUT2D eigenvalue weighted by Crippen LogP contribution is -2.51. The van der Waals surface area contributed by atoms with Gasteiger partial charge >= 0.3 is 0 Å². The van der Waals surface area contributed by atoms with E-state index in [9.17, 15) is 13.6 Å². The number of piperazine rings is 1. The van der Waals surface area contributed by atoms with Crippen LogP contribution in [0.25, 0.3) is 0 Å². The molecule has 2 aliphatic rings. The highest BCUT2D eigenvalue weighted by atomic mass is 32.1. The van der Waals surface area contributed by atoms with E-state index in [1.165, 1.54) is 5.56 Å². The highest BCUT2D eigenvalue weighted by molar-refractivity contribution is 7.07. The molecule has 1 aromatic heterocycles. The number of hydrogen-bond donors (Lipinski definition) is 0. The Hall–Kier alpha value is -1.01. The Kier molecular flexibility index (Phi) is 5.01. The van der Waals surface area contributed by atoms with Crippen LogP contribution in [0.1, 0.15) is 44.2 Å². The molecule has 1 atom stereocenters. The van der Waals surface area contributed by atoms with E-state index < -0.39 is 5.92 Å². The van der Waals surface area contributed by atoms with Gasteiger partial charge in [-0.25, -0.2) is 8.78 Å². The topological polar surface area (TPSA) is 23.6 Å². The third-order valence-electron chi connectivity index (χ3n) is 5.27. The molecule has 3 nitrogen and oxygen atoms in total. The summed E-state index contributed by atoms with van der Waals surface area (Å²) in [5.74, 6) is -2.68. The Morgan fingerprint density at radius 3 is 2.48 bits per heavy atom. The molecule has 23 heavy (non-hydrogen) atoms. The van der Waals surface area contributed by atoms with E-state index in [4.69, 9.17) is 0 Å². The molecule has 0 aromatic carbocycles. The SMILES string of the molecule is C[C@@H](c1ccsc1)N1CCN(C(=O)C2CCC(F)(F)CC2)CC1. The van der Waals surface area contributed by atoms with Crippen molar-refractivity contribution in [2.45, 2.75) is 44.6 Å². The van der Waals surface area contributed by atoms with Crippen LogP contribution in [0.3, 0.4) is 0 Å². The van der Waals surface area contributed by atoms with Crippen LogP contribution in [0.5, 0.6) is 0 Å². The number of amides is 1. The van der Waals surface area contributed by atoms with Crippen LogP contribution in [-0.2, 0) is 4.79 Å². The molecule has 2 heterocycles.